The van der Waals surface area contributed by atoms with Gasteiger partial charge in [0.2, 0.25) is 10.0 Å². The average molecular weight is 481 g/mol. The predicted octanol–water partition coefficient (Wildman–Crippen LogP) is 4.65. The standard InChI is InChI=1S/C27H32N2O4S/c1-18-13-20(3)25(15-19(18)2)22(5)29-27(30)17-33-26-12-11-24(14-21(26)4)34(31,32)28-16-23-9-7-6-8-10-23/h6-15,22,28H,16-17H2,1-5H3,(H,29,30). The van der Waals surface area contributed by atoms with Crippen molar-refractivity contribution in [2.24, 2.45) is 0 Å². The molecule has 3 aromatic carbocycles. The number of aryl methyl sites for hydroxylation is 4. The van der Waals surface area contributed by atoms with Gasteiger partial charge in [-0.3, -0.25) is 4.79 Å². The van der Waals surface area contributed by atoms with Crippen LogP contribution in [0.15, 0.2) is 65.6 Å². The number of benzene rings is 3. The zero-order chi connectivity index (χ0) is 24.9. The molecule has 3 rings (SSSR count). The maximum Gasteiger partial charge on any atom is 0.258 e. The second-order valence-corrected chi connectivity index (χ2v) is 10.4. The maximum absolute atomic E-state index is 12.6. The van der Waals surface area contributed by atoms with Gasteiger partial charge in [0.25, 0.3) is 5.91 Å². The van der Waals surface area contributed by atoms with Crippen molar-refractivity contribution in [2.45, 2.75) is 52.1 Å². The summed E-state index contributed by atoms with van der Waals surface area (Å²) >= 11 is 0. The van der Waals surface area contributed by atoms with Crippen molar-refractivity contribution in [1.29, 1.82) is 0 Å². The molecule has 0 saturated heterocycles. The van der Waals surface area contributed by atoms with E-state index in [-0.39, 0.29) is 30.0 Å². The largest absolute Gasteiger partial charge is 0.484 e. The van der Waals surface area contributed by atoms with Crippen LogP contribution in [-0.4, -0.2) is 20.9 Å². The van der Waals surface area contributed by atoms with Gasteiger partial charge in [-0.1, -0.05) is 42.5 Å². The topological polar surface area (TPSA) is 84.5 Å². The molecule has 0 fully saturated rings. The molecule has 0 aliphatic rings. The highest BCUT2D eigenvalue weighted by molar-refractivity contribution is 7.89. The van der Waals surface area contributed by atoms with E-state index in [1.54, 1.807) is 19.1 Å². The Hall–Kier alpha value is -3.16. The monoisotopic (exact) mass is 480 g/mol. The summed E-state index contributed by atoms with van der Waals surface area (Å²) in [4.78, 5) is 12.6. The number of ether oxygens (including phenoxy) is 1. The molecule has 0 aliphatic carbocycles. The Labute approximate surface area is 202 Å². The van der Waals surface area contributed by atoms with Crippen molar-refractivity contribution in [3.63, 3.8) is 0 Å². The molecular weight excluding hydrogens is 448 g/mol. The van der Waals surface area contributed by atoms with Crippen LogP contribution in [0, 0.1) is 27.7 Å². The minimum Gasteiger partial charge on any atom is -0.484 e. The average Bonchev–Trinajstić information content (AvgIpc) is 2.80. The van der Waals surface area contributed by atoms with Crippen molar-refractivity contribution in [2.75, 3.05) is 6.61 Å². The fourth-order valence-electron chi connectivity index (χ4n) is 3.76. The smallest absolute Gasteiger partial charge is 0.258 e. The summed E-state index contributed by atoms with van der Waals surface area (Å²) in [5.74, 6) is 0.220. The Morgan fingerprint density at radius 1 is 0.882 bits per heavy atom. The van der Waals surface area contributed by atoms with Crippen LogP contribution in [0.1, 0.15) is 46.3 Å². The molecule has 1 unspecified atom stereocenters. The first-order valence-corrected chi connectivity index (χ1v) is 12.7. The first kappa shape index (κ1) is 25.5. The number of hydrogen-bond acceptors (Lipinski definition) is 4. The van der Waals surface area contributed by atoms with Crippen molar-refractivity contribution >= 4 is 15.9 Å². The lowest BCUT2D eigenvalue weighted by Gasteiger charge is -2.19. The molecule has 0 bridgehead atoms. The van der Waals surface area contributed by atoms with E-state index in [9.17, 15) is 13.2 Å². The summed E-state index contributed by atoms with van der Waals surface area (Å²) in [5.41, 5.74) is 6.11. The molecule has 3 aromatic rings. The summed E-state index contributed by atoms with van der Waals surface area (Å²) in [5, 5.41) is 2.97. The van der Waals surface area contributed by atoms with E-state index < -0.39 is 10.0 Å². The number of nitrogens with one attached hydrogen (secondary N) is 2. The maximum atomic E-state index is 12.6. The highest BCUT2D eigenvalue weighted by Crippen LogP contribution is 2.23. The van der Waals surface area contributed by atoms with Crippen molar-refractivity contribution < 1.29 is 17.9 Å². The second kappa shape index (κ2) is 10.8. The van der Waals surface area contributed by atoms with Crippen LogP contribution in [0.3, 0.4) is 0 Å². The van der Waals surface area contributed by atoms with E-state index in [1.807, 2.05) is 44.2 Å². The predicted molar refractivity (Wildman–Crippen MR) is 134 cm³/mol. The van der Waals surface area contributed by atoms with Gasteiger partial charge in [0.15, 0.2) is 6.61 Å². The molecule has 0 aromatic heterocycles. The first-order chi connectivity index (χ1) is 16.1. The van der Waals surface area contributed by atoms with Gasteiger partial charge >= 0.3 is 0 Å². The molecule has 0 heterocycles. The van der Waals surface area contributed by atoms with Gasteiger partial charge in [-0.05, 0) is 86.2 Å². The highest BCUT2D eigenvalue weighted by atomic mass is 32.2. The summed E-state index contributed by atoms with van der Waals surface area (Å²) in [7, 11) is -3.67. The minimum atomic E-state index is -3.67. The van der Waals surface area contributed by atoms with Crippen LogP contribution in [-0.2, 0) is 21.4 Å². The van der Waals surface area contributed by atoms with Gasteiger partial charge in [0.1, 0.15) is 5.75 Å². The number of hydrogen-bond donors (Lipinski definition) is 2. The summed E-state index contributed by atoms with van der Waals surface area (Å²) in [6.07, 6.45) is 0. The van der Waals surface area contributed by atoms with Gasteiger partial charge in [-0.2, -0.15) is 0 Å². The van der Waals surface area contributed by atoms with E-state index in [0.29, 0.717) is 11.3 Å². The molecule has 1 atom stereocenters. The van der Waals surface area contributed by atoms with E-state index in [0.717, 1.165) is 16.7 Å². The van der Waals surface area contributed by atoms with Crippen LogP contribution in [0.25, 0.3) is 0 Å². The summed E-state index contributed by atoms with van der Waals surface area (Å²) in [6.45, 7) is 9.91. The van der Waals surface area contributed by atoms with Gasteiger partial charge in [-0.15, -0.1) is 0 Å². The number of rotatable bonds is 9. The molecule has 0 radical (unpaired) electrons. The number of carbonyl (C=O) groups is 1. The molecule has 34 heavy (non-hydrogen) atoms. The fraction of sp³-hybridized carbons (Fsp3) is 0.296. The lowest BCUT2D eigenvalue weighted by Crippen LogP contribution is -2.31. The fourth-order valence-corrected chi connectivity index (χ4v) is 4.86. The third-order valence-corrected chi connectivity index (χ3v) is 7.25. The Bertz CT molecular complexity index is 1270. The highest BCUT2D eigenvalue weighted by Gasteiger charge is 2.17. The zero-order valence-electron chi connectivity index (χ0n) is 20.3. The first-order valence-electron chi connectivity index (χ1n) is 11.2. The van der Waals surface area contributed by atoms with Crippen LogP contribution in [0.5, 0.6) is 5.75 Å². The van der Waals surface area contributed by atoms with E-state index in [2.05, 4.69) is 36.0 Å². The van der Waals surface area contributed by atoms with Crippen LogP contribution in [0.4, 0.5) is 0 Å². The van der Waals surface area contributed by atoms with Crippen molar-refractivity contribution in [3.8, 4) is 5.75 Å². The molecule has 180 valence electrons. The zero-order valence-corrected chi connectivity index (χ0v) is 21.1. The third kappa shape index (κ3) is 6.46. The van der Waals surface area contributed by atoms with Crippen LogP contribution < -0.4 is 14.8 Å². The Morgan fingerprint density at radius 3 is 2.24 bits per heavy atom. The molecule has 1 amide bonds. The second-order valence-electron chi connectivity index (χ2n) is 8.61. The normalized spacial score (nSPS) is 12.3. The van der Waals surface area contributed by atoms with Crippen LogP contribution in [0.2, 0.25) is 0 Å². The van der Waals surface area contributed by atoms with E-state index in [1.165, 1.54) is 17.2 Å². The van der Waals surface area contributed by atoms with Gasteiger partial charge < -0.3 is 10.1 Å². The quantitative estimate of drug-likeness (QED) is 0.467. The summed E-state index contributed by atoms with van der Waals surface area (Å²) < 4.78 is 33.6. The van der Waals surface area contributed by atoms with Crippen LogP contribution >= 0.6 is 0 Å². The lowest BCUT2D eigenvalue weighted by molar-refractivity contribution is -0.123. The molecule has 0 spiro atoms. The number of amides is 1. The van der Waals surface area contributed by atoms with E-state index in [4.69, 9.17) is 4.74 Å². The Balaban J connectivity index is 1.59. The number of carbonyl (C=O) groups excluding carboxylic acids is 1. The van der Waals surface area contributed by atoms with Crippen molar-refractivity contribution in [1.82, 2.24) is 10.0 Å². The summed E-state index contributed by atoms with van der Waals surface area (Å²) in [6, 6.07) is 18.0. The third-order valence-electron chi connectivity index (χ3n) is 5.85. The van der Waals surface area contributed by atoms with Crippen molar-refractivity contribution in [3.05, 3.63) is 94.0 Å². The molecule has 2 N–H and O–H groups in total. The molecular formula is C27H32N2O4S. The Kier molecular flexibility index (Phi) is 8.12. The lowest BCUT2D eigenvalue weighted by atomic mass is 9.96. The SMILES string of the molecule is Cc1cc(C)c(C(C)NC(=O)COc2ccc(S(=O)(=O)NCc3ccccc3)cc2C)cc1C. The molecule has 0 aliphatic heterocycles. The molecule has 0 saturated carbocycles. The molecule has 6 nitrogen and oxygen atoms in total. The van der Waals surface area contributed by atoms with Gasteiger partial charge in [-0.25, -0.2) is 13.1 Å². The van der Waals surface area contributed by atoms with Gasteiger partial charge in [0.05, 0.1) is 10.9 Å². The Morgan fingerprint density at radius 2 is 1.56 bits per heavy atom. The molecule has 7 heteroatoms. The van der Waals surface area contributed by atoms with E-state index >= 15 is 0 Å². The minimum absolute atomic E-state index is 0.150. The van der Waals surface area contributed by atoms with Gasteiger partial charge in [0, 0.05) is 6.54 Å². The number of sulfonamides is 1.